The van der Waals surface area contributed by atoms with Crippen LogP contribution < -0.4 is 11.1 Å². The fourth-order valence-corrected chi connectivity index (χ4v) is 2.64. The summed E-state index contributed by atoms with van der Waals surface area (Å²) in [6.45, 7) is 0.327. The minimum Gasteiger partial charge on any atom is -0.481 e. The lowest BCUT2D eigenvalue weighted by Gasteiger charge is -2.16. The van der Waals surface area contributed by atoms with Crippen molar-refractivity contribution in [1.29, 1.82) is 0 Å². The number of halogens is 2. The van der Waals surface area contributed by atoms with Crippen LogP contribution in [0.15, 0.2) is 18.2 Å². The predicted molar refractivity (Wildman–Crippen MR) is 65.4 cm³/mol. The summed E-state index contributed by atoms with van der Waals surface area (Å²) in [5.41, 5.74) is 5.34. The van der Waals surface area contributed by atoms with Gasteiger partial charge in [0.15, 0.2) is 0 Å². The van der Waals surface area contributed by atoms with Gasteiger partial charge in [0.2, 0.25) is 0 Å². The molecule has 1 saturated heterocycles. The van der Waals surface area contributed by atoms with E-state index in [2.05, 4.69) is 5.32 Å². The molecule has 104 valence electrons. The second kappa shape index (κ2) is 5.63. The Kier molecular flexibility index (Phi) is 4.11. The zero-order valence-corrected chi connectivity index (χ0v) is 10.3. The summed E-state index contributed by atoms with van der Waals surface area (Å²) < 4.78 is 27.4. The van der Waals surface area contributed by atoms with Gasteiger partial charge in [-0.05, 0) is 31.5 Å². The number of nitrogens with one attached hydrogen (secondary N) is 1. The van der Waals surface area contributed by atoms with E-state index in [0.717, 1.165) is 0 Å². The molecule has 0 spiro atoms. The fraction of sp³-hybridized carbons (Fsp3) is 0.462. The average Bonchev–Trinajstić information content (AvgIpc) is 2.73. The van der Waals surface area contributed by atoms with E-state index in [9.17, 15) is 13.6 Å². The van der Waals surface area contributed by atoms with Crippen molar-refractivity contribution in [3.8, 4) is 0 Å². The summed E-state index contributed by atoms with van der Waals surface area (Å²) in [7, 11) is 0. The first kappa shape index (κ1) is 13.9. The number of hydrogen-bond acceptors (Lipinski definition) is 3. The Morgan fingerprint density at radius 2 is 2.05 bits per heavy atom. The van der Waals surface area contributed by atoms with Crippen LogP contribution in [0, 0.1) is 17.6 Å². The number of carboxylic acids is 1. The highest BCUT2D eigenvalue weighted by Gasteiger charge is 2.40. The molecule has 2 rings (SSSR count). The maximum absolute atomic E-state index is 13.7. The smallest absolute Gasteiger partial charge is 0.308 e. The van der Waals surface area contributed by atoms with Crippen molar-refractivity contribution in [1.82, 2.24) is 5.32 Å². The van der Waals surface area contributed by atoms with Gasteiger partial charge in [-0.2, -0.15) is 0 Å². The first-order chi connectivity index (χ1) is 9.04. The number of rotatable bonds is 4. The number of hydrogen-bond donors (Lipinski definition) is 3. The van der Waals surface area contributed by atoms with Crippen LogP contribution in [-0.4, -0.2) is 23.7 Å². The van der Waals surface area contributed by atoms with Gasteiger partial charge in [0.25, 0.3) is 0 Å². The van der Waals surface area contributed by atoms with Gasteiger partial charge in [-0.15, -0.1) is 0 Å². The first-order valence-corrected chi connectivity index (χ1v) is 6.17. The Morgan fingerprint density at radius 3 is 2.58 bits per heavy atom. The molecular formula is C13H16F2N2O2. The molecular weight excluding hydrogens is 254 g/mol. The van der Waals surface area contributed by atoms with Crippen molar-refractivity contribution >= 4 is 5.97 Å². The molecule has 1 aliphatic rings. The molecule has 1 aliphatic heterocycles. The van der Waals surface area contributed by atoms with Crippen LogP contribution in [0.2, 0.25) is 0 Å². The maximum atomic E-state index is 13.7. The third kappa shape index (κ3) is 2.74. The van der Waals surface area contributed by atoms with E-state index in [-0.39, 0.29) is 18.0 Å². The van der Waals surface area contributed by atoms with E-state index in [1.54, 1.807) is 0 Å². The SMILES string of the molecule is NCCC1NC(c2c(F)cccc2F)CC1C(=O)O. The Hall–Kier alpha value is -1.53. The van der Waals surface area contributed by atoms with Gasteiger partial charge in [0.1, 0.15) is 11.6 Å². The molecule has 0 bridgehead atoms. The number of carboxylic acid groups (broad SMARTS) is 1. The highest BCUT2D eigenvalue weighted by atomic mass is 19.1. The number of aliphatic carboxylic acids is 1. The number of carbonyl (C=O) groups is 1. The second-order valence-corrected chi connectivity index (χ2v) is 4.72. The summed E-state index contributed by atoms with van der Waals surface area (Å²) >= 11 is 0. The molecule has 3 atom stereocenters. The van der Waals surface area contributed by atoms with Gasteiger partial charge < -0.3 is 16.2 Å². The minimum atomic E-state index is -0.967. The van der Waals surface area contributed by atoms with E-state index in [1.165, 1.54) is 18.2 Å². The van der Waals surface area contributed by atoms with Crippen molar-refractivity contribution < 1.29 is 18.7 Å². The van der Waals surface area contributed by atoms with Gasteiger partial charge in [-0.3, -0.25) is 4.79 Å². The average molecular weight is 270 g/mol. The Labute approximate surface area is 109 Å². The first-order valence-electron chi connectivity index (χ1n) is 6.17. The predicted octanol–water partition coefficient (Wildman–Crippen LogP) is 1.42. The van der Waals surface area contributed by atoms with Gasteiger partial charge in [0, 0.05) is 17.6 Å². The molecule has 4 nitrogen and oxygen atoms in total. The van der Waals surface area contributed by atoms with Gasteiger partial charge in [0.05, 0.1) is 5.92 Å². The summed E-state index contributed by atoms with van der Waals surface area (Å²) in [5.74, 6) is -2.96. The molecule has 1 aromatic carbocycles. The van der Waals surface area contributed by atoms with Gasteiger partial charge >= 0.3 is 5.97 Å². The fourth-order valence-electron chi connectivity index (χ4n) is 2.64. The third-order valence-electron chi connectivity index (χ3n) is 3.53. The third-order valence-corrected chi connectivity index (χ3v) is 3.53. The molecule has 4 N–H and O–H groups in total. The molecule has 6 heteroatoms. The summed E-state index contributed by atoms with van der Waals surface area (Å²) in [6, 6.07) is 2.65. The van der Waals surface area contributed by atoms with E-state index < -0.39 is 29.6 Å². The Morgan fingerprint density at radius 1 is 1.42 bits per heavy atom. The molecule has 0 radical (unpaired) electrons. The van der Waals surface area contributed by atoms with Crippen LogP contribution in [0.5, 0.6) is 0 Å². The summed E-state index contributed by atoms with van der Waals surface area (Å²) in [5, 5.41) is 12.1. The monoisotopic (exact) mass is 270 g/mol. The maximum Gasteiger partial charge on any atom is 0.308 e. The normalized spacial score (nSPS) is 26.6. The van der Waals surface area contributed by atoms with Crippen molar-refractivity contribution in [2.75, 3.05) is 6.54 Å². The standard InChI is InChI=1S/C13H16F2N2O2/c14-8-2-1-3-9(15)12(8)11-6-7(13(18)19)10(17-11)4-5-16/h1-3,7,10-11,17H,4-6,16H2,(H,18,19). The van der Waals surface area contributed by atoms with E-state index in [1.807, 2.05) is 0 Å². The molecule has 0 aliphatic carbocycles. The van der Waals surface area contributed by atoms with Gasteiger partial charge in [-0.1, -0.05) is 6.07 Å². The molecule has 3 unspecified atom stereocenters. The highest BCUT2D eigenvalue weighted by molar-refractivity contribution is 5.71. The number of benzene rings is 1. The lowest BCUT2D eigenvalue weighted by atomic mass is 9.95. The van der Waals surface area contributed by atoms with E-state index in [4.69, 9.17) is 10.8 Å². The van der Waals surface area contributed by atoms with Crippen LogP contribution in [0.1, 0.15) is 24.4 Å². The molecule has 1 fully saturated rings. The molecule has 1 heterocycles. The zero-order valence-electron chi connectivity index (χ0n) is 10.3. The van der Waals surface area contributed by atoms with Crippen LogP contribution in [0.3, 0.4) is 0 Å². The lowest BCUT2D eigenvalue weighted by Crippen LogP contribution is -2.34. The summed E-state index contributed by atoms with van der Waals surface area (Å²) in [6.07, 6.45) is 0.626. The largest absolute Gasteiger partial charge is 0.481 e. The van der Waals surface area contributed by atoms with Gasteiger partial charge in [-0.25, -0.2) is 8.78 Å². The van der Waals surface area contributed by atoms with Crippen molar-refractivity contribution in [2.24, 2.45) is 11.7 Å². The molecule has 19 heavy (non-hydrogen) atoms. The second-order valence-electron chi connectivity index (χ2n) is 4.72. The highest BCUT2D eigenvalue weighted by Crippen LogP contribution is 2.34. The van der Waals surface area contributed by atoms with Crippen molar-refractivity contribution in [3.05, 3.63) is 35.4 Å². The van der Waals surface area contributed by atoms with Crippen molar-refractivity contribution in [3.63, 3.8) is 0 Å². The van der Waals surface area contributed by atoms with Crippen LogP contribution in [0.25, 0.3) is 0 Å². The molecule has 0 aromatic heterocycles. The number of nitrogens with two attached hydrogens (primary N) is 1. The lowest BCUT2D eigenvalue weighted by molar-refractivity contribution is -0.142. The topological polar surface area (TPSA) is 75.3 Å². The minimum absolute atomic E-state index is 0.0896. The van der Waals surface area contributed by atoms with Crippen molar-refractivity contribution in [2.45, 2.75) is 24.9 Å². The van der Waals surface area contributed by atoms with E-state index >= 15 is 0 Å². The molecule has 0 saturated carbocycles. The van der Waals surface area contributed by atoms with Crippen LogP contribution in [0.4, 0.5) is 8.78 Å². The Balaban J connectivity index is 2.26. The zero-order chi connectivity index (χ0) is 14.0. The molecule has 0 amide bonds. The molecule has 1 aromatic rings. The van der Waals surface area contributed by atoms with Crippen LogP contribution >= 0.6 is 0 Å². The quantitative estimate of drug-likeness (QED) is 0.773. The van der Waals surface area contributed by atoms with Crippen LogP contribution in [-0.2, 0) is 4.79 Å². The van der Waals surface area contributed by atoms with E-state index in [0.29, 0.717) is 13.0 Å². The summed E-state index contributed by atoms with van der Waals surface area (Å²) in [4.78, 5) is 11.2. The Bertz CT molecular complexity index is 461.